The van der Waals surface area contributed by atoms with E-state index in [1.54, 1.807) is 0 Å². The second-order valence-electron chi connectivity index (χ2n) is 5.34. The summed E-state index contributed by atoms with van der Waals surface area (Å²) in [7, 11) is 0. The number of hydrogen-bond acceptors (Lipinski definition) is 2. The molecule has 2 aromatic carbocycles. The van der Waals surface area contributed by atoms with E-state index < -0.39 is 0 Å². The highest BCUT2D eigenvalue weighted by atomic mass is 32.1. The lowest BCUT2D eigenvalue weighted by Crippen LogP contribution is -2.18. The van der Waals surface area contributed by atoms with E-state index in [0.717, 1.165) is 12.8 Å². The van der Waals surface area contributed by atoms with Crippen LogP contribution >= 0.6 is 12.2 Å². The summed E-state index contributed by atoms with van der Waals surface area (Å²) in [5.41, 5.74) is 2.48. The van der Waals surface area contributed by atoms with Crippen LogP contribution in [-0.2, 0) is 11.2 Å². The van der Waals surface area contributed by atoms with Gasteiger partial charge in [0.15, 0.2) is 5.05 Å². The van der Waals surface area contributed by atoms with Gasteiger partial charge in [0.05, 0.1) is 0 Å². The average Bonchev–Trinajstić information content (AvgIpc) is 2.54. The highest BCUT2D eigenvalue weighted by Gasteiger charge is 2.17. The third-order valence-corrected chi connectivity index (χ3v) is 4.09. The Kier molecular flexibility index (Phi) is 5.94. The summed E-state index contributed by atoms with van der Waals surface area (Å²) in [6.07, 6.45) is 1.89. The molecule has 2 heteroatoms. The molecule has 0 aromatic heterocycles. The molecule has 0 radical (unpaired) electrons. The van der Waals surface area contributed by atoms with Gasteiger partial charge in [-0.05, 0) is 36.2 Å². The molecule has 0 aliphatic carbocycles. The van der Waals surface area contributed by atoms with Crippen LogP contribution in [0.2, 0.25) is 0 Å². The maximum atomic E-state index is 6.05. The molecule has 0 saturated carbocycles. The molecule has 110 valence electrons. The SMILES string of the molecule is CCC(OC(=S)C(C)Cc1ccccc1)c1ccccc1. The summed E-state index contributed by atoms with van der Waals surface area (Å²) in [6, 6.07) is 20.7. The Hall–Kier alpha value is -1.67. The molecule has 0 spiro atoms. The molecule has 0 aliphatic heterocycles. The zero-order valence-electron chi connectivity index (χ0n) is 12.7. The van der Waals surface area contributed by atoms with E-state index in [-0.39, 0.29) is 12.0 Å². The van der Waals surface area contributed by atoms with Crippen molar-refractivity contribution < 1.29 is 4.74 Å². The molecule has 0 saturated heterocycles. The maximum Gasteiger partial charge on any atom is 0.163 e. The first-order valence-corrected chi connectivity index (χ1v) is 7.91. The molecule has 2 rings (SSSR count). The molecule has 1 nitrogen and oxygen atoms in total. The van der Waals surface area contributed by atoms with E-state index in [1.165, 1.54) is 11.1 Å². The van der Waals surface area contributed by atoms with Crippen LogP contribution in [0.15, 0.2) is 60.7 Å². The van der Waals surface area contributed by atoms with Gasteiger partial charge < -0.3 is 4.74 Å². The van der Waals surface area contributed by atoms with Crippen LogP contribution in [0, 0.1) is 5.92 Å². The quantitative estimate of drug-likeness (QED) is 0.664. The summed E-state index contributed by atoms with van der Waals surface area (Å²) in [5.74, 6) is 0.236. The van der Waals surface area contributed by atoms with Crippen LogP contribution in [0.5, 0.6) is 0 Å². The van der Waals surface area contributed by atoms with Crippen LogP contribution < -0.4 is 0 Å². The highest BCUT2D eigenvalue weighted by molar-refractivity contribution is 7.80. The van der Waals surface area contributed by atoms with E-state index >= 15 is 0 Å². The van der Waals surface area contributed by atoms with Crippen LogP contribution in [0.4, 0.5) is 0 Å². The van der Waals surface area contributed by atoms with Gasteiger partial charge in [-0.1, -0.05) is 74.5 Å². The minimum absolute atomic E-state index is 0.0527. The molecule has 2 atom stereocenters. The Morgan fingerprint density at radius 1 is 1.00 bits per heavy atom. The zero-order chi connectivity index (χ0) is 15.1. The second-order valence-corrected chi connectivity index (χ2v) is 5.74. The Balaban J connectivity index is 1.96. The summed E-state index contributed by atoms with van der Waals surface area (Å²) in [5, 5.41) is 0.703. The number of ether oxygens (including phenoxy) is 1. The molecule has 0 fully saturated rings. The van der Waals surface area contributed by atoms with E-state index in [4.69, 9.17) is 17.0 Å². The van der Waals surface area contributed by atoms with Gasteiger partial charge in [-0.25, -0.2) is 0 Å². The Bertz CT molecular complexity index is 550. The molecule has 2 unspecified atom stereocenters. The summed E-state index contributed by atoms with van der Waals surface area (Å²) < 4.78 is 6.05. The molecular formula is C19H22OS. The Morgan fingerprint density at radius 3 is 2.14 bits per heavy atom. The van der Waals surface area contributed by atoms with Gasteiger partial charge in [-0.3, -0.25) is 0 Å². The van der Waals surface area contributed by atoms with Crippen molar-refractivity contribution in [3.8, 4) is 0 Å². The Labute approximate surface area is 133 Å². The van der Waals surface area contributed by atoms with Crippen molar-refractivity contribution in [2.45, 2.75) is 32.8 Å². The van der Waals surface area contributed by atoms with E-state index in [0.29, 0.717) is 5.05 Å². The fourth-order valence-electron chi connectivity index (χ4n) is 2.36. The zero-order valence-corrected chi connectivity index (χ0v) is 13.5. The minimum Gasteiger partial charge on any atom is -0.479 e. The number of benzene rings is 2. The first kappa shape index (κ1) is 15.7. The van der Waals surface area contributed by atoms with Gasteiger partial charge in [-0.15, -0.1) is 0 Å². The van der Waals surface area contributed by atoms with Crippen molar-refractivity contribution >= 4 is 17.3 Å². The van der Waals surface area contributed by atoms with Crippen molar-refractivity contribution in [2.75, 3.05) is 0 Å². The minimum atomic E-state index is 0.0527. The fraction of sp³-hybridized carbons (Fsp3) is 0.316. The monoisotopic (exact) mass is 298 g/mol. The highest BCUT2D eigenvalue weighted by Crippen LogP contribution is 2.23. The van der Waals surface area contributed by atoms with E-state index in [2.05, 4.69) is 50.2 Å². The lowest BCUT2D eigenvalue weighted by atomic mass is 10.0. The summed E-state index contributed by atoms with van der Waals surface area (Å²) >= 11 is 5.50. The van der Waals surface area contributed by atoms with Crippen molar-refractivity contribution in [3.63, 3.8) is 0 Å². The molecular weight excluding hydrogens is 276 g/mol. The van der Waals surface area contributed by atoms with E-state index in [9.17, 15) is 0 Å². The van der Waals surface area contributed by atoms with Crippen LogP contribution in [0.3, 0.4) is 0 Å². The molecule has 0 bridgehead atoms. The van der Waals surface area contributed by atoms with Crippen molar-refractivity contribution in [3.05, 3.63) is 71.8 Å². The van der Waals surface area contributed by atoms with Crippen molar-refractivity contribution in [1.82, 2.24) is 0 Å². The van der Waals surface area contributed by atoms with Crippen LogP contribution in [0.25, 0.3) is 0 Å². The molecule has 2 aromatic rings. The lowest BCUT2D eigenvalue weighted by molar-refractivity contribution is 0.180. The molecule has 21 heavy (non-hydrogen) atoms. The fourth-order valence-corrected chi connectivity index (χ4v) is 2.56. The largest absolute Gasteiger partial charge is 0.479 e. The van der Waals surface area contributed by atoms with Gasteiger partial charge in [0.25, 0.3) is 0 Å². The predicted octanol–water partition coefficient (Wildman–Crippen LogP) is 5.36. The number of rotatable bonds is 6. The Morgan fingerprint density at radius 2 is 1.57 bits per heavy atom. The van der Waals surface area contributed by atoms with Gasteiger partial charge in [-0.2, -0.15) is 0 Å². The molecule has 0 heterocycles. The summed E-state index contributed by atoms with van der Waals surface area (Å²) in [6.45, 7) is 4.26. The average molecular weight is 298 g/mol. The first-order chi connectivity index (χ1) is 10.2. The van der Waals surface area contributed by atoms with Gasteiger partial charge in [0, 0.05) is 5.92 Å². The van der Waals surface area contributed by atoms with Crippen molar-refractivity contribution in [2.24, 2.45) is 5.92 Å². The molecule has 0 aliphatic rings. The smallest absolute Gasteiger partial charge is 0.163 e. The third-order valence-electron chi connectivity index (χ3n) is 3.59. The summed E-state index contributed by atoms with van der Waals surface area (Å²) in [4.78, 5) is 0. The topological polar surface area (TPSA) is 9.23 Å². The number of hydrogen-bond donors (Lipinski definition) is 0. The van der Waals surface area contributed by atoms with Gasteiger partial charge in [0.2, 0.25) is 0 Å². The van der Waals surface area contributed by atoms with Crippen LogP contribution in [-0.4, -0.2) is 5.05 Å². The maximum absolute atomic E-state index is 6.05. The second kappa shape index (κ2) is 7.94. The molecule has 0 N–H and O–H groups in total. The third kappa shape index (κ3) is 4.68. The first-order valence-electron chi connectivity index (χ1n) is 7.50. The molecule has 0 amide bonds. The predicted molar refractivity (Wildman–Crippen MR) is 92.5 cm³/mol. The van der Waals surface area contributed by atoms with Gasteiger partial charge in [0.1, 0.15) is 6.10 Å². The van der Waals surface area contributed by atoms with E-state index in [1.807, 2.05) is 24.3 Å². The normalized spacial score (nSPS) is 13.4. The van der Waals surface area contributed by atoms with Gasteiger partial charge >= 0.3 is 0 Å². The number of thiocarbonyl (C=S) groups is 1. The van der Waals surface area contributed by atoms with Crippen LogP contribution in [0.1, 0.15) is 37.5 Å². The standard InChI is InChI=1S/C19H22OS/c1-3-18(17-12-8-5-9-13-17)20-19(21)15(2)14-16-10-6-4-7-11-16/h4-13,15,18H,3,14H2,1-2H3. The van der Waals surface area contributed by atoms with Crippen molar-refractivity contribution in [1.29, 1.82) is 0 Å². The lowest BCUT2D eigenvalue weighted by Gasteiger charge is -2.22.